The molecular weight excluding hydrogens is 186 g/mol. The van der Waals surface area contributed by atoms with Crippen molar-refractivity contribution >= 4 is 0 Å². The number of hydrogen-bond donors (Lipinski definition) is 1. The average Bonchev–Trinajstić information content (AvgIpc) is 2.30. The van der Waals surface area contributed by atoms with Crippen molar-refractivity contribution in [3.63, 3.8) is 0 Å². The summed E-state index contributed by atoms with van der Waals surface area (Å²) in [6.45, 7) is 4.61. The molecule has 82 valence electrons. The highest BCUT2D eigenvalue weighted by molar-refractivity contribution is 5.32. The zero-order chi connectivity index (χ0) is 10.7. The molecule has 0 radical (unpaired) electrons. The highest BCUT2D eigenvalue weighted by atomic mass is 16.5. The third kappa shape index (κ3) is 2.15. The first-order valence-corrected chi connectivity index (χ1v) is 5.60. The van der Waals surface area contributed by atoms with Gasteiger partial charge in [0.25, 0.3) is 0 Å². The van der Waals surface area contributed by atoms with Crippen LogP contribution in [0.3, 0.4) is 0 Å². The number of piperidine rings is 1. The molecule has 1 saturated heterocycles. The summed E-state index contributed by atoms with van der Waals surface area (Å²) in [5.41, 5.74) is 1.78. The van der Waals surface area contributed by atoms with Gasteiger partial charge < -0.3 is 10.1 Å². The van der Waals surface area contributed by atoms with Gasteiger partial charge in [-0.05, 0) is 49.0 Å². The zero-order valence-electron chi connectivity index (χ0n) is 9.55. The van der Waals surface area contributed by atoms with E-state index in [1.165, 1.54) is 18.4 Å². The third-order valence-electron chi connectivity index (χ3n) is 3.49. The van der Waals surface area contributed by atoms with Crippen molar-refractivity contribution in [2.45, 2.75) is 25.2 Å². The Morgan fingerprint density at radius 1 is 1.13 bits per heavy atom. The highest BCUT2D eigenvalue weighted by Gasteiger charge is 2.28. The van der Waals surface area contributed by atoms with Crippen molar-refractivity contribution in [3.05, 3.63) is 29.8 Å². The minimum Gasteiger partial charge on any atom is -0.497 e. The summed E-state index contributed by atoms with van der Waals surface area (Å²) < 4.78 is 5.18. The van der Waals surface area contributed by atoms with Crippen LogP contribution in [0.4, 0.5) is 0 Å². The van der Waals surface area contributed by atoms with E-state index < -0.39 is 0 Å². The van der Waals surface area contributed by atoms with Crippen molar-refractivity contribution in [1.29, 1.82) is 0 Å². The minimum atomic E-state index is 0.345. The molecule has 2 heteroatoms. The molecule has 1 heterocycles. The first kappa shape index (κ1) is 10.5. The molecule has 1 aromatic rings. The molecule has 2 rings (SSSR count). The van der Waals surface area contributed by atoms with Crippen LogP contribution in [0.2, 0.25) is 0 Å². The fraction of sp³-hybridized carbons (Fsp3) is 0.538. The second kappa shape index (κ2) is 4.23. The summed E-state index contributed by atoms with van der Waals surface area (Å²) in [6, 6.07) is 8.51. The Labute approximate surface area is 91.6 Å². The molecule has 0 aromatic heterocycles. The summed E-state index contributed by atoms with van der Waals surface area (Å²) in [4.78, 5) is 0. The van der Waals surface area contributed by atoms with Gasteiger partial charge in [-0.1, -0.05) is 19.1 Å². The molecule has 0 unspecified atom stereocenters. The van der Waals surface area contributed by atoms with E-state index in [2.05, 4.69) is 36.5 Å². The van der Waals surface area contributed by atoms with Crippen LogP contribution < -0.4 is 10.1 Å². The van der Waals surface area contributed by atoms with Gasteiger partial charge in [0.15, 0.2) is 0 Å². The van der Waals surface area contributed by atoms with Crippen molar-refractivity contribution in [2.75, 3.05) is 20.2 Å². The van der Waals surface area contributed by atoms with Crippen molar-refractivity contribution < 1.29 is 4.74 Å². The highest BCUT2D eigenvalue weighted by Crippen LogP contribution is 2.33. The lowest BCUT2D eigenvalue weighted by Gasteiger charge is -2.34. The number of benzene rings is 1. The van der Waals surface area contributed by atoms with Crippen molar-refractivity contribution in [3.8, 4) is 5.75 Å². The van der Waals surface area contributed by atoms with Gasteiger partial charge in [0.1, 0.15) is 5.75 Å². The maximum atomic E-state index is 5.18. The van der Waals surface area contributed by atoms with Gasteiger partial charge in [0.05, 0.1) is 7.11 Å². The predicted octanol–water partition coefficient (Wildman–Crippen LogP) is 2.34. The smallest absolute Gasteiger partial charge is 0.118 e. The number of nitrogens with one attached hydrogen (secondary N) is 1. The first-order valence-electron chi connectivity index (χ1n) is 5.60. The van der Waals surface area contributed by atoms with Crippen LogP contribution in [0.15, 0.2) is 24.3 Å². The molecule has 0 aliphatic carbocycles. The van der Waals surface area contributed by atoms with E-state index in [0.29, 0.717) is 5.41 Å². The van der Waals surface area contributed by atoms with E-state index in [4.69, 9.17) is 4.74 Å². The molecule has 1 fully saturated rings. The van der Waals surface area contributed by atoms with Crippen molar-refractivity contribution in [1.82, 2.24) is 5.32 Å². The Balaban J connectivity index is 2.20. The van der Waals surface area contributed by atoms with E-state index >= 15 is 0 Å². The molecule has 0 bridgehead atoms. The van der Waals surface area contributed by atoms with Crippen LogP contribution >= 0.6 is 0 Å². The molecule has 0 spiro atoms. The summed E-state index contributed by atoms with van der Waals surface area (Å²) in [5.74, 6) is 0.941. The van der Waals surface area contributed by atoms with E-state index in [0.717, 1.165) is 18.8 Å². The van der Waals surface area contributed by atoms with E-state index in [1.54, 1.807) is 7.11 Å². The maximum absolute atomic E-state index is 5.18. The topological polar surface area (TPSA) is 21.3 Å². The number of methoxy groups -OCH3 is 1. The van der Waals surface area contributed by atoms with E-state index in [9.17, 15) is 0 Å². The normalized spacial score (nSPS) is 19.9. The molecule has 0 saturated carbocycles. The minimum absolute atomic E-state index is 0.345. The molecular formula is C13H19NO. The van der Waals surface area contributed by atoms with Gasteiger partial charge in [-0.25, -0.2) is 0 Å². The van der Waals surface area contributed by atoms with Gasteiger partial charge in [0, 0.05) is 0 Å². The lowest BCUT2D eigenvalue weighted by Crippen LogP contribution is -2.37. The fourth-order valence-corrected chi connectivity index (χ4v) is 2.26. The third-order valence-corrected chi connectivity index (χ3v) is 3.49. The number of ether oxygens (including phenoxy) is 1. The van der Waals surface area contributed by atoms with Crippen LogP contribution in [0.5, 0.6) is 5.75 Å². The van der Waals surface area contributed by atoms with Crippen LogP contribution in [0, 0.1) is 0 Å². The van der Waals surface area contributed by atoms with Gasteiger partial charge in [-0.15, -0.1) is 0 Å². The Hall–Kier alpha value is -1.02. The molecule has 0 amide bonds. The summed E-state index contributed by atoms with van der Waals surface area (Å²) >= 11 is 0. The molecule has 1 aliphatic rings. The number of hydrogen-bond acceptors (Lipinski definition) is 2. The van der Waals surface area contributed by atoms with Crippen LogP contribution in [-0.4, -0.2) is 20.2 Å². The summed E-state index contributed by atoms with van der Waals surface area (Å²) in [6.07, 6.45) is 2.44. The quantitative estimate of drug-likeness (QED) is 0.800. The standard InChI is InChI=1S/C13H19NO/c1-13(7-9-14-10-8-13)11-3-5-12(15-2)6-4-11/h3-6,14H,7-10H2,1-2H3. The second-order valence-electron chi connectivity index (χ2n) is 4.54. The molecule has 1 aliphatic heterocycles. The largest absolute Gasteiger partial charge is 0.497 e. The van der Waals surface area contributed by atoms with Crippen LogP contribution in [-0.2, 0) is 5.41 Å². The van der Waals surface area contributed by atoms with Gasteiger partial charge in [-0.3, -0.25) is 0 Å². The zero-order valence-corrected chi connectivity index (χ0v) is 9.55. The summed E-state index contributed by atoms with van der Waals surface area (Å²) in [5, 5.41) is 3.41. The summed E-state index contributed by atoms with van der Waals surface area (Å²) in [7, 11) is 1.71. The molecule has 1 aromatic carbocycles. The van der Waals surface area contributed by atoms with Gasteiger partial charge >= 0.3 is 0 Å². The van der Waals surface area contributed by atoms with Crippen LogP contribution in [0.1, 0.15) is 25.3 Å². The lowest BCUT2D eigenvalue weighted by molar-refractivity contribution is 0.334. The van der Waals surface area contributed by atoms with Gasteiger partial charge in [0.2, 0.25) is 0 Å². The SMILES string of the molecule is COc1ccc(C2(C)CCNCC2)cc1. The Kier molecular flexibility index (Phi) is 2.96. The van der Waals surface area contributed by atoms with Crippen molar-refractivity contribution in [2.24, 2.45) is 0 Å². The van der Waals surface area contributed by atoms with E-state index in [1.807, 2.05) is 0 Å². The molecule has 15 heavy (non-hydrogen) atoms. The molecule has 2 nitrogen and oxygen atoms in total. The van der Waals surface area contributed by atoms with Gasteiger partial charge in [-0.2, -0.15) is 0 Å². The Morgan fingerprint density at radius 2 is 1.73 bits per heavy atom. The monoisotopic (exact) mass is 205 g/mol. The average molecular weight is 205 g/mol. The predicted molar refractivity (Wildman–Crippen MR) is 62.4 cm³/mol. The van der Waals surface area contributed by atoms with Crippen LogP contribution in [0.25, 0.3) is 0 Å². The second-order valence-corrected chi connectivity index (χ2v) is 4.54. The molecule has 1 N–H and O–H groups in total. The maximum Gasteiger partial charge on any atom is 0.118 e. The fourth-order valence-electron chi connectivity index (χ4n) is 2.26. The molecule has 0 atom stereocenters. The first-order chi connectivity index (χ1) is 7.24. The Bertz CT molecular complexity index is 312. The van der Waals surface area contributed by atoms with E-state index in [-0.39, 0.29) is 0 Å². The lowest BCUT2D eigenvalue weighted by atomic mass is 9.75. The Morgan fingerprint density at radius 3 is 2.27 bits per heavy atom. The number of rotatable bonds is 2.